The number of aliphatic hydroxyl groups is 1. The van der Waals surface area contributed by atoms with Gasteiger partial charge in [-0.1, -0.05) is 26.3 Å². The third-order valence-corrected chi connectivity index (χ3v) is 9.15. The van der Waals surface area contributed by atoms with Crippen LogP contribution in [-0.4, -0.2) is 53.2 Å². The molecule has 8 nitrogen and oxygen atoms in total. The summed E-state index contributed by atoms with van der Waals surface area (Å²) in [4.78, 5) is 36.6. The smallest absolute Gasteiger partial charge is 0.303 e. The molecule has 1 saturated carbocycles. The van der Waals surface area contributed by atoms with Gasteiger partial charge in [0.05, 0.1) is 5.60 Å². The lowest BCUT2D eigenvalue weighted by molar-refractivity contribution is -0.171. The van der Waals surface area contributed by atoms with Crippen molar-refractivity contribution < 1.29 is 38.4 Å². The fourth-order valence-corrected chi connectivity index (χ4v) is 7.39. The van der Waals surface area contributed by atoms with E-state index in [1.54, 1.807) is 0 Å². The lowest BCUT2D eigenvalue weighted by atomic mass is 9.67. The van der Waals surface area contributed by atoms with Gasteiger partial charge in [0.1, 0.15) is 18.3 Å². The fourth-order valence-electron chi connectivity index (χ4n) is 7.39. The Morgan fingerprint density at radius 2 is 1.47 bits per heavy atom. The van der Waals surface area contributed by atoms with E-state index in [1.165, 1.54) is 20.8 Å². The van der Waals surface area contributed by atoms with Gasteiger partial charge < -0.3 is 24.1 Å². The van der Waals surface area contributed by atoms with Crippen LogP contribution in [0.1, 0.15) is 99.8 Å². The Bertz CT molecular complexity index is 883. The molecule has 3 rings (SSSR count). The number of carbonyl (C=O) groups excluding carboxylic acids is 3. The van der Waals surface area contributed by atoms with Crippen molar-refractivity contribution in [1.29, 1.82) is 0 Å². The monoisotopic (exact) mass is 536 g/mol. The fraction of sp³-hybridized carbons (Fsp3) is 0.833. The molecule has 0 aromatic heterocycles. The van der Waals surface area contributed by atoms with E-state index in [4.69, 9.17) is 18.9 Å². The van der Waals surface area contributed by atoms with Crippen LogP contribution in [0.3, 0.4) is 0 Å². The summed E-state index contributed by atoms with van der Waals surface area (Å²) >= 11 is 0. The molecular weight excluding hydrogens is 488 g/mol. The van der Waals surface area contributed by atoms with Gasteiger partial charge in [0.2, 0.25) is 0 Å². The minimum absolute atomic E-state index is 0.0517. The highest BCUT2D eigenvalue weighted by Gasteiger charge is 2.51. The molecule has 2 fully saturated rings. The highest BCUT2D eigenvalue weighted by atomic mass is 16.6. The van der Waals surface area contributed by atoms with Crippen molar-refractivity contribution >= 4 is 17.9 Å². The van der Waals surface area contributed by atoms with Crippen LogP contribution in [0.25, 0.3) is 0 Å². The second kappa shape index (κ2) is 12.9. The SMILES string of the molecule is CC(=O)OC1C[C@H](C)[C@]2(CCC(O)O2)CC[C@H](C)[C@H]2C1[C@@H](C)CC[C@H](OC(C)=O)C/C(C)=C/[C@@H]2OC(C)=O. The van der Waals surface area contributed by atoms with Crippen LogP contribution in [0.2, 0.25) is 0 Å². The normalized spacial score (nSPS) is 41.9. The summed E-state index contributed by atoms with van der Waals surface area (Å²) in [5.41, 5.74) is 0.519. The summed E-state index contributed by atoms with van der Waals surface area (Å²) in [7, 11) is 0. The maximum absolute atomic E-state index is 12.4. The average Bonchev–Trinajstić information content (AvgIpc) is 3.19. The number of rotatable bonds is 3. The van der Waals surface area contributed by atoms with Crippen LogP contribution in [0, 0.1) is 29.6 Å². The number of fused-ring (bicyclic) bond motifs is 1. The van der Waals surface area contributed by atoms with Gasteiger partial charge >= 0.3 is 17.9 Å². The lowest BCUT2D eigenvalue weighted by Gasteiger charge is -2.43. The molecule has 0 aromatic rings. The first kappa shape index (κ1) is 30.6. The van der Waals surface area contributed by atoms with E-state index in [2.05, 4.69) is 20.8 Å². The van der Waals surface area contributed by atoms with Gasteiger partial charge in [-0.2, -0.15) is 0 Å². The quantitative estimate of drug-likeness (QED) is 0.301. The minimum Gasteiger partial charge on any atom is -0.462 e. The Morgan fingerprint density at radius 3 is 2.05 bits per heavy atom. The third kappa shape index (κ3) is 7.59. The van der Waals surface area contributed by atoms with Crippen LogP contribution in [0.15, 0.2) is 11.6 Å². The number of esters is 3. The van der Waals surface area contributed by atoms with E-state index in [-0.39, 0.29) is 53.6 Å². The molecule has 0 amide bonds. The topological polar surface area (TPSA) is 108 Å². The molecule has 1 heterocycles. The van der Waals surface area contributed by atoms with Gasteiger partial charge in [0.15, 0.2) is 6.29 Å². The van der Waals surface area contributed by atoms with Gasteiger partial charge in [-0.3, -0.25) is 14.4 Å². The van der Waals surface area contributed by atoms with Gasteiger partial charge in [-0.25, -0.2) is 0 Å². The number of hydrogen-bond donors (Lipinski definition) is 1. The Hall–Kier alpha value is -1.93. The molecule has 216 valence electrons. The van der Waals surface area contributed by atoms with Crippen LogP contribution in [0.5, 0.6) is 0 Å². The summed E-state index contributed by atoms with van der Waals surface area (Å²) in [6.07, 6.45) is 5.65. The maximum Gasteiger partial charge on any atom is 0.303 e. The molecule has 38 heavy (non-hydrogen) atoms. The van der Waals surface area contributed by atoms with Crippen LogP contribution in [-0.2, 0) is 33.3 Å². The molecule has 1 aliphatic heterocycles. The van der Waals surface area contributed by atoms with E-state index in [0.29, 0.717) is 25.7 Å². The minimum atomic E-state index is -0.780. The van der Waals surface area contributed by atoms with E-state index >= 15 is 0 Å². The predicted molar refractivity (Wildman–Crippen MR) is 142 cm³/mol. The predicted octanol–water partition coefficient (Wildman–Crippen LogP) is 5.10. The van der Waals surface area contributed by atoms with Crippen molar-refractivity contribution in [2.75, 3.05) is 0 Å². The van der Waals surface area contributed by atoms with Crippen molar-refractivity contribution in [3.05, 3.63) is 11.6 Å². The first-order chi connectivity index (χ1) is 17.8. The molecule has 0 aromatic carbocycles. The molecule has 1 saturated heterocycles. The number of ether oxygens (including phenoxy) is 4. The standard InChI is InChI=1S/C30H48O8/c1-17-14-24(35-21(5)31)9-8-18(2)28-26(37-23(7)33)16-20(4)30(13-11-27(34)38-30)12-10-19(3)29(28)25(15-17)36-22(6)32/h15,18-20,24-29,34H,8-14,16H2,1-7H3/b17-15+/t18-,19-,20-,24-,25-,26?,27?,28?,29+,30+/m0/s1. The van der Waals surface area contributed by atoms with Crippen molar-refractivity contribution in [3.8, 4) is 0 Å². The number of carbonyl (C=O) groups is 3. The molecule has 3 aliphatic rings. The Kier molecular flexibility index (Phi) is 10.4. The largest absolute Gasteiger partial charge is 0.462 e. The second-order valence-corrected chi connectivity index (χ2v) is 12.2. The Morgan fingerprint density at radius 1 is 0.868 bits per heavy atom. The highest BCUT2D eigenvalue weighted by Crippen LogP contribution is 2.49. The van der Waals surface area contributed by atoms with Crippen LogP contribution >= 0.6 is 0 Å². The molecule has 10 atom stereocenters. The van der Waals surface area contributed by atoms with E-state index in [9.17, 15) is 19.5 Å². The molecule has 0 bridgehead atoms. The average molecular weight is 537 g/mol. The summed E-state index contributed by atoms with van der Waals surface area (Å²) in [5.74, 6) is -0.916. The Labute approximate surface area is 227 Å². The molecule has 1 spiro atoms. The van der Waals surface area contributed by atoms with Gasteiger partial charge in [0, 0.05) is 45.4 Å². The zero-order chi connectivity index (χ0) is 28.2. The zero-order valence-electron chi connectivity index (χ0n) is 24.2. The number of aliphatic hydroxyl groups excluding tert-OH is 1. The maximum atomic E-state index is 12.4. The van der Waals surface area contributed by atoms with Crippen LogP contribution in [0.4, 0.5) is 0 Å². The zero-order valence-corrected chi connectivity index (χ0v) is 24.2. The van der Waals surface area contributed by atoms with E-state index < -0.39 is 24.1 Å². The van der Waals surface area contributed by atoms with Crippen molar-refractivity contribution in [3.63, 3.8) is 0 Å². The molecule has 1 N–H and O–H groups in total. The lowest BCUT2D eigenvalue weighted by Crippen LogP contribution is -2.46. The first-order valence-electron chi connectivity index (χ1n) is 14.4. The molecule has 2 aliphatic carbocycles. The van der Waals surface area contributed by atoms with Crippen molar-refractivity contribution in [1.82, 2.24) is 0 Å². The molecule has 3 unspecified atom stereocenters. The van der Waals surface area contributed by atoms with E-state index in [1.807, 2.05) is 13.0 Å². The molecular formula is C30H48O8. The summed E-state index contributed by atoms with van der Waals surface area (Å²) in [5, 5.41) is 10.3. The second-order valence-electron chi connectivity index (χ2n) is 12.2. The summed E-state index contributed by atoms with van der Waals surface area (Å²) in [6.45, 7) is 12.8. The van der Waals surface area contributed by atoms with Crippen molar-refractivity contribution in [2.24, 2.45) is 29.6 Å². The molecule has 0 radical (unpaired) electrons. The van der Waals surface area contributed by atoms with Gasteiger partial charge in [-0.15, -0.1) is 0 Å². The number of hydrogen-bond acceptors (Lipinski definition) is 8. The Balaban J connectivity index is 2.12. The highest BCUT2D eigenvalue weighted by molar-refractivity contribution is 5.67. The van der Waals surface area contributed by atoms with Crippen LogP contribution < -0.4 is 0 Å². The van der Waals surface area contributed by atoms with Crippen molar-refractivity contribution in [2.45, 2.75) is 130 Å². The van der Waals surface area contributed by atoms with E-state index in [0.717, 1.165) is 31.3 Å². The molecule has 8 heteroatoms. The first-order valence-corrected chi connectivity index (χ1v) is 14.4. The summed E-state index contributed by atoms with van der Waals surface area (Å²) < 4.78 is 24.0. The van der Waals surface area contributed by atoms with Gasteiger partial charge in [0.25, 0.3) is 0 Å². The third-order valence-electron chi connectivity index (χ3n) is 9.15. The van der Waals surface area contributed by atoms with Gasteiger partial charge in [-0.05, 0) is 69.3 Å². The summed E-state index contributed by atoms with van der Waals surface area (Å²) in [6, 6.07) is 0.